The zero-order valence-electron chi connectivity index (χ0n) is 9.09. The molecule has 0 amide bonds. The Morgan fingerprint density at radius 2 is 1.86 bits per heavy atom. The third-order valence-corrected chi connectivity index (χ3v) is 2.21. The molecule has 1 aromatic rings. The van der Waals surface area contributed by atoms with Crippen LogP contribution in [-0.4, -0.2) is 6.54 Å². The first-order valence-electron chi connectivity index (χ1n) is 5.21. The van der Waals surface area contributed by atoms with Crippen LogP contribution in [0, 0.1) is 5.92 Å². The molecule has 2 nitrogen and oxygen atoms in total. The summed E-state index contributed by atoms with van der Waals surface area (Å²) in [5.74, 6) is 0.694. The summed E-state index contributed by atoms with van der Waals surface area (Å²) in [5.41, 5.74) is 8.21. The summed E-state index contributed by atoms with van der Waals surface area (Å²) in [5, 5.41) is 3.42. The maximum Gasteiger partial charge on any atom is 0.0208 e. The predicted octanol–water partition coefficient (Wildman–Crippen LogP) is 1.89. The molecule has 0 bridgehead atoms. The first-order valence-corrected chi connectivity index (χ1v) is 5.21. The molecule has 0 aliphatic heterocycles. The van der Waals surface area contributed by atoms with Crippen molar-refractivity contribution in [2.45, 2.75) is 26.9 Å². The lowest BCUT2D eigenvalue weighted by molar-refractivity contribution is 0.551. The molecule has 0 heterocycles. The lowest BCUT2D eigenvalue weighted by Crippen LogP contribution is -2.20. The van der Waals surface area contributed by atoms with Crippen LogP contribution >= 0.6 is 0 Å². The molecular weight excluding hydrogens is 172 g/mol. The largest absolute Gasteiger partial charge is 0.326 e. The normalized spacial score (nSPS) is 10.9. The summed E-state index contributed by atoms with van der Waals surface area (Å²) in [6.07, 6.45) is 0. The number of nitrogens with two attached hydrogens (primary N) is 1. The minimum Gasteiger partial charge on any atom is -0.326 e. The van der Waals surface area contributed by atoms with Gasteiger partial charge in [0, 0.05) is 13.1 Å². The topological polar surface area (TPSA) is 38.0 Å². The molecule has 0 atom stereocenters. The van der Waals surface area contributed by atoms with Gasteiger partial charge < -0.3 is 11.1 Å². The van der Waals surface area contributed by atoms with Gasteiger partial charge in [-0.15, -0.1) is 0 Å². The minimum atomic E-state index is 0.625. The van der Waals surface area contributed by atoms with Gasteiger partial charge >= 0.3 is 0 Å². The molecular formula is C12H20N2. The summed E-state index contributed by atoms with van der Waals surface area (Å²) in [6.45, 7) is 7.02. The number of hydrogen-bond acceptors (Lipinski definition) is 2. The van der Waals surface area contributed by atoms with Gasteiger partial charge in [-0.25, -0.2) is 0 Å². The molecule has 1 rings (SSSR count). The SMILES string of the molecule is CC(C)CNCc1ccccc1CN. The van der Waals surface area contributed by atoms with Gasteiger partial charge in [0.2, 0.25) is 0 Å². The van der Waals surface area contributed by atoms with Crippen LogP contribution < -0.4 is 11.1 Å². The molecule has 78 valence electrons. The molecule has 0 aliphatic carbocycles. The summed E-state index contributed by atoms with van der Waals surface area (Å²) < 4.78 is 0. The second kappa shape index (κ2) is 5.78. The molecule has 0 radical (unpaired) electrons. The maximum absolute atomic E-state index is 5.65. The third kappa shape index (κ3) is 3.48. The average Bonchev–Trinajstić information content (AvgIpc) is 2.18. The van der Waals surface area contributed by atoms with Gasteiger partial charge in [0.1, 0.15) is 0 Å². The van der Waals surface area contributed by atoms with Crippen LogP contribution in [0.2, 0.25) is 0 Å². The van der Waals surface area contributed by atoms with Crippen molar-refractivity contribution in [3.8, 4) is 0 Å². The summed E-state index contributed by atoms with van der Waals surface area (Å²) >= 11 is 0. The molecule has 0 saturated heterocycles. The van der Waals surface area contributed by atoms with Gasteiger partial charge in [0.15, 0.2) is 0 Å². The van der Waals surface area contributed by atoms with E-state index in [0.29, 0.717) is 12.5 Å². The molecule has 0 saturated carbocycles. The van der Waals surface area contributed by atoms with Gasteiger partial charge in [-0.3, -0.25) is 0 Å². The summed E-state index contributed by atoms with van der Waals surface area (Å²) in [4.78, 5) is 0. The van der Waals surface area contributed by atoms with E-state index in [0.717, 1.165) is 13.1 Å². The zero-order valence-corrected chi connectivity index (χ0v) is 9.09. The van der Waals surface area contributed by atoms with E-state index in [9.17, 15) is 0 Å². The fourth-order valence-electron chi connectivity index (χ4n) is 1.42. The van der Waals surface area contributed by atoms with Gasteiger partial charge in [0.05, 0.1) is 0 Å². The second-order valence-corrected chi connectivity index (χ2v) is 4.00. The molecule has 0 aliphatic rings. The highest BCUT2D eigenvalue weighted by atomic mass is 14.9. The van der Waals surface area contributed by atoms with Crippen molar-refractivity contribution < 1.29 is 0 Å². The minimum absolute atomic E-state index is 0.625. The molecule has 1 aromatic carbocycles. The van der Waals surface area contributed by atoms with Crippen LogP contribution in [0.15, 0.2) is 24.3 Å². The number of benzene rings is 1. The summed E-state index contributed by atoms with van der Waals surface area (Å²) in [6, 6.07) is 8.32. The van der Waals surface area contributed by atoms with Crippen LogP contribution in [0.4, 0.5) is 0 Å². The molecule has 3 N–H and O–H groups in total. The Kier molecular flexibility index (Phi) is 4.63. The molecule has 2 heteroatoms. The first-order chi connectivity index (χ1) is 6.74. The smallest absolute Gasteiger partial charge is 0.0208 e. The molecule has 0 fully saturated rings. The third-order valence-electron chi connectivity index (χ3n) is 2.21. The summed E-state index contributed by atoms with van der Waals surface area (Å²) in [7, 11) is 0. The Bertz CT molecular complexity index is 269. The Morgan fingerprint density at radius 1 is 1.21 bits per heavy atom. The lowest BCUT2D eigenvalue weighted by Gasteiger charge is -2.10. The van der Waals surface area contributed by atoms with Crippen LogP contribution in [0.5, 0.6) is 0 Å². The second-order valence-electron chi connectivity index (χ2n) is 4.00. The van der Waals surface area contributed by atoms with E-state index in [4.69, 9.17) is 5.73 Å². The van der Waals surface area contributed by atoms with E-state index in [1.165, 1.54) is 11.1 Å². The Hall–Kier alpha value is -0.860. The van der Waals surface area contributed by atoms with E-state index in [1.807, 2.05) is 6.07 Å². The van der Waals surface area contributed by atoms with Crippen LogP contribution in [0.3, 0.4) is 0 Å². The van der Waals surface area contributed by atoms with Gasteiger partial charge in [0.25, 0.3) is 0 Å². The predicted molar refractivity (Wildman–Crippen MR) is 60.9 cm³/mol. The van der Waals surface area contributed by atoms with Crippen molar-refractivity contribution in [1.29, 1.82) is 0 Å². The van der Waals surface area contributed by atoms with Crippen molar-refractivity contribution in [3.63, 3.8) is 0 Å². The number of hydrogen-bond donors (Lipinski definition) is 2. The van der Waals surface area contributed by atoms with Crippen molar-refractivity contribution in [3.05, 3.63) is 35.4 Å². The maximum atomic E-state index is 5.65. The Balaban J connectivity index is 2.49. The standard InChI is InChI=1S/C12H20N2/c1-10(2)8-14-9-12-6-4-3-5-11(12)7-13/h3-6,10,14H,7-9,13H2,1-2H3. The quantitative estimate of drug-likeness (QED) is 0.747. The van der Waals surface area contributed by atoms with E-state index >= 15 is 0 Å². The fourth-order valence-corrected chi connectivity index (χ4v) is 1.42. The molecule has 14 heavy (non-hydrogen) atoms. The number of nitrogens with one attached hydrogen (secondary N) is 1. The monoisotopic (exact) mass is 192 g/mol. The Morgan fingerprint density at radius 3 is 2.43 bits per heavy atom. The van der Waals surface area contributed by atoms with Crippen molar-refractivity contribution in [2.75, 3.05) is 6.54 Å². The van der Waals surface area contributed by atoms with Crippen LogP contribution in [0.25, 0.3) is 0 Å². The lowest BCUT2D eigenvalue weighted by atomic mass is 10.1. The van der Waals surface area contributed by atoms with Gasteiger partial charge in [-0.2, -0.15) is 0 Å². The van der Waals surface area contributed by atoms with Gasteiger partial charge in [-0.1, -0.05) is 38.1 Å². The fraction of sp³-hybridized carbons (Fsp3) is 0.500. The van der Waals surface area contributed by atoms with Crippen LogP contribution in [-0.2, 0) is 13.1 Å². The molecule has 0 spiro atoms. The Labute approximate surface area is 86.5 Å². The van der Waals surface area contributed by atoms with Gasteiger partial charge in [-0.05, 0) is 23.6 Å². The molecule has 0 unspecified atom stereocenters. The van der Waals surface area contributed by atoms with Crippen molar-refractivity contribution >= 4 is 0 Å². The highest BCUT2D eigenvalue weighted by Crippen LogP contribution is 2.07. The molecule has 0 aromatic heterocycles. The van der Waals surface area contributed by atoms with E-state index in [-0.39, 0.29) is 0 Å². The van der Waals surface area contributed by atoms with E-state index in [2.05, 4.69) is 37.4 Å². The highest BCUT2D eigenvalue weighted by molar-refractivity contribution is 5.26. The van der Waals surface area contributed by atoms with E-state index in [1.54, 1.807) is 0 Å². The highest BCUT2D eigenvalue weighted by Gasteiger charge is 1.99. The zero-order chi connectivity index (χ0) is 10.4. The number of rotatable bonds is 5. The van der Waals surface area contributed by atoms with Crippen molar-refractivity contribution in [1.82, 2.24) is 5.32 Å². The first kappa shape index (κ1) is 11.2. The van der Waals surface area contributed by atoms with Crippen molar-refractivity contribution in [2.24, 2.45) is 11.7 Å². The average molecular weight is 192 g/mol. The van der Waals surface area contributed by atoms with Crippen LogP contribution in [0.1, 0.15) is 25.0 Å². The van der Waals surface area contributed by atoms with E-state index < -0.39 is 0 Å².